The molecule has 1 aromatic heterocycles. The molecule has 20 heavy (non-hydrogen) atoms. The number of furan rings is 1. The summed E-state index contributed by atoms with van der Waals surface area (Å²) >= 11 is 0. The molecule has 0 aliphatic rings. The van der Waals surface area contributed by atoms with Crippen LogP contribution in [0, 0.1) is 0 Å². The monoisotopic (exact) mass is 281 g/mol. The Morgan fingerprint density at radius 3 is 2.55 bits per heavy atom. The number of amides is 1. The third-order valence-corrected chi connectivity index (χ3v) is 2.43. The van der Waals surface area contributed by atoms with Crippen LogP contribution in [0.2, 0.25) is 0 Å². The van der Waals surface area contributed by atoms with Crippen LogP contribution >= 0.6 is 0 Å². The lowest BCUT2D eigenvalue weighted by Crippen LogP contribution is -2.14. The highest BCUT2D eigenvalue weighted by molar-refractivity contribution is 6.02. The lowest BCUT2D eigenvalue weighted by molar-refractivity contribution is -0.136. The highest BCUT2D eigenvalue weighted by atomic mass is 19.4. The maximum atomic E-state index is 12.7. The third-order valence-electron chi connectivity index (χ3n) is 2.43. The molecule has 6 heteroatoms. The van der Waals surface area contributed by atoms with E-state index in [1.807, 2.05) is 0 Å². The summed E-state index contributed by atoms with van der Waals surface area (Å²) in [4.78, 5) is 11.6. The average molecular weight is 281 g/mol. The zero-order valence-corrected chi connectivity index (χ0v) is 10.1. The van der Waals surface area contributed by atoms with Gasteiger partial charge < -0.3 is 9.73 Å². The Bertz CT molecular complexity index is 616. The van der Waals surface area contributed by atoms with Crippen molar-refractivity contribution < 1.29 is 22.4 Å². The molecule has 0 radical (unpaired) electrons. The maximum Gasteiger partial charge on any atom is 0.418 e. The zero-order valence-electron chi connectivity index (χ0n) is 10.1. The van der Waals surface area contributed by atoms with Crippen molar-refractivity contribution in [3.63, 3.8) is 0 Å². The van der Waals surface area contributed by atoms with E-state index in [-0.39, 0.29) is 5.69 Å². The predicted octanol–water partition coefficient (Wildman–Crippen LogP) is 3.95. The molecule has 2 rings (SSSR count). The van der Waals surface area contributed by atoms with Crippen molar-refractivity contribution in [2.24, 2.45) is 0 Å². The van der Waals surface area contributed by atoms with Gasteiger partial charge in [0, 0.05) is 6.08 Å². The van der Waals surface area contributed by atoms with Gasteiger partial charge in [0.15, 0.2) is 0 Å². The Balaban J connectivity index is 2.12. The topological polar surface area (TPSA) is 42.2 Å². The van der Waals surface area contributed by atoms with Crippen LogP contribution in [0.4, 0.5) is 18.9 Å². The largest absolute Gasteiger partial charge is 0.465 e. The van der Waals surface area contributed by atoms with Gasteiger partial charge >= 0.3 is 6.18 Å². The standard InChI is InChI=1S/C14H10F3NO2/c15-14(16,17)11-5-1-2-6-12(11)18-13(19)8-7-10-4-3-9-20-10/h1-9H,(H,18,19). The highest BCUT2D eigenvalue weighted by Gasteiger charge is 2.33. The Morgan fingerprint density at radius 1 is 1.15 bits per heavy atom. The Labute approximate surface area is 112 Å². The molecule has 1 N–H and O–H groups in total. The fraction of sp³-hybridized carbons (Fsp3) is 0.0714. The van der Waals surface area contributed by atoms with Crippen LogP contribution in [0.5, 0.6) is 0 Å². The minimum atomic E-state index is -4.52. The van der Waals surface area contributed by atoms with E-state index >= 15 is 0 Å². The Hall–Kier alpha value is -2.50. The number of nitrogens with one attached hydrogen (secondary N) is 1. The summed E-state index contributed by atoms with van der Waals surface area (Å²) in [5.41, 5.74) is -1.17. The number of hydrogen-bond donors (Lipinski definition) is 1. The van der Waals surface area contributed by atoms with Crippen LogP contribution in [-0.2, 0) is 11.0 Å². The van der Waals surface area contributed by atoms with E-state index in [0.717, 1.165) is 12.1 Å². The van der Waals surface area contributed by atoms with Gasteiger partial charge in [0.05, 0.1) is 17.5 Å². The molecule has 1 amide bonds. The summed E-state index contributed by atoms with van der Waals surface area (Å²) in [5.74, 6) is -0.234. The number of carbonyl (C=O) groups is 1. The fourth-order valence-corrected chi connectivity index (χ4v) is 1.56. The van der Waals surface area contributed by atoms with Crippen LogP contribution < -0.4 is 5.32 Å². The first-order valence-corrected chi connectivity index (χ1v) is 5.65. The van der Waals surface area contributed by atoms with Crippen molar-refractivity contribution in [3.8, 4) is 0 Å². The predicted molar refractivity (Wildman–Crippen MR) is 67.8 cm³/mol. The summed E-state index contributed by atoms with van der Waals surface area (Å²) in [6.07, 6.45) is -0.622. The van der Waals surface area contributed by atoms with Gasteiger partial charge in [-0.05, 0) is 30.3 Å². The minimum absolute atomic E-state index is 0.283. The summed E-state index contributed by atoms with van der Waals surface area (Å²) in [6.45, 7) is 0. The van der Waals surface area contributed by atoms with Gasteiger partial charge in [0.2, 0.25) is 5.91 Å². The highest BCUT2D eigenvalue weighted by Crippen LogP contribution is 2.34. The summed E-state index contributed by atoms with van der Waals surface area (Å²) in [6, 6.07) is 8.04. The molecule has 0 unspecified atom stereocenters. The molecule has 1 heterocycles. The molecule has 0 aliphatic carbocycles. The third kappa shape index (κ3) is 3.50. The van der Waals surface area contributed by atoms with E-state index in [2.05, 4.69) is 5.32 Å². The number of alkyl halides is 3. The van der Waals surface area contributed by atoms with Gasteiger partial charge in [0.1, 0.15) is 5.76 Å². The lowest BCUT2D eigenvalue weighted by atomic mass is 10.1. The number of halogens is 3. The first-order valence-electron chi connectivity index (χ1n) is 5.65. The van der Waals surface area contributed by atoms with Gasteiger partial charge in [-0.25, -0.2) is 0 Å². The molecule has 1 aromatic carbocycles. The van der Waals surface area contributed by atoms with Gasteiger partial charge in [-0.1, -0.05) is 12.1 Å². The van der Waals surface area contributed by atoms with Crippen molar-refractivity contribution in [2.45, 2.75) is 6.18 Å². The number of anilines is 1. The second-order valence-electron chi connectivity index (χ2n) is 3.88. The van der Waals surface area contributed by atoms with E-state index in [9.17, 15) is 18.0 Å². The van der Waals surface area contributed by atoms with Crippen LogP contribution in [-0.4, -0.2) is 5.91 Å². The molecular formula is C14H10F3NO2. The number of carbonyl (C=O) groups excluding carboxylic acids is 1. The second kappa shape index (κ2) is 5.64. The van der Waals surface area contributed by atoms with Crippen molar-refractivity contribution in [3.05, 3.63) is 60.1 Å². The Kier molecular flexibility index (Phi) is 3.93. The first-order chi connectivity index (χ1) is 9.47. The molecule has 104 valence electrons. The number of hydrogen-bond acceptors (Lipinski definition) is 2. The van der Waals surface area contributed by atoms with Crippen molar-refractivity contribution in [1.29, 1.82) is 0 Å². The van der Waals surface area contributed by atoms with Gasteiger partial charge in [-0.15, -0.1) is 0 Å². The number of benzene rings is 1. The van der Waals surface area contributed by atoms with Crippen molar-refractivity contribution >= 4 is 17.7 Å². The molecule has 0 saturated carbocycles. The summed E-state index contributed by atoms with van der Waals surface area (Å²) in [7, 11) is 0. The van der Waals surface area contributed by atoms with E-state index < -0.39 is 17.6 Å². The SMILES string of the molecule is O=C(C=Cc1ccco1)Nc1ccccc1C(F)(F)F. The Morgan fingerprint density at radius 2 is 1.90 bits per heavy atom. The van der Waals surface area contributed by atoms with Crippen LogP contribution in [0.15, 0.2) is 53.2 Å². The van der Waals surface area contributed by atoms with Crippen molar-refractivity contribution in [1.82, 2.24) is 0 Å². The summed E-state index contributed by atoms with van der Waals surface area (Å²) < 4.78 is 43.1. The van der Waals surface area contributed by atoms with E-state index in [0.29, 0.717) is 5.76 Å². The molecular weight excluding hydrogens is 271 g/mol. The quantitative estimate of drug-likeness (QED) is 0.865. The van der Waals surface area contributed by atoms with Crippen molar-refractivity contribution in [2.75, 3.05) is 5.32 Å². The molecule has 0 atom stereocenters. The average Bonchev–Trinajstić information content (AvgIpc) is 2.89. The van der Waals surface area contributed by atoms with Crippen LogP contribution in [0.3, 0.4) is 0 Å². The molecule has 0 fully saturated rings. The molecule has 0 bridgehead atoms. The molecule has 0 saturated heterocycles. The maximum absolute atomic E-state index is 12.7. The number of para-hydroxylation sites is 1. The van der Waals surface area contributed by atoms with E-state index in [1.165, 1.54) is 30.5 Å². The van der Waals surface area contributed by atoms with E-state index in [1.54, 1.807) is 12.1 Å². The van der Waals surface area contributed by atoms with Crippen LogP contribution in [0.25, 0.3) is 6.08 Å². The first kappa shape index (κ1) is 13.9. The van der Waals surface area contributed by atoms with Gasteiger partial charge in [-0.2, -0.15) is 13.2 Å². The minimum Gasteiger partial charge on any atom is -0.465 e. The van der Waals surface area contributed by atoms with Gasteiger partial charge in [-0.3, -0.25) is 4.79 Å². The smallest absolute Gasteiger partial charge is 0.418 e. The lowest BCUT2D eigenvalue weighted by Gasteiger charge is -2.12. The fourth-order valence-electron chi connectivity index (χ4n) is 1.56. The molecule has 3 nitrogen and oxygen atoms in total. The second-order valence-corrected chi connectivity index (χ2v) is 3.88. The van der Waals surface area contributed by atoms with Crippen LogP contribution in [0.1, 0.15) is 11.3 Å². The van der Waals surface area contributed by atoms with E-state index in [4.69, 9.17) is 4.42 Å². The molecule has 0 aliphatic heterocycles. The molecule has 2 aromatic rings. The van der Waals surface area contributed by atoms with Gasteiger partial charge in [0.25, 0.3) is 0 Å². The zero-order chi connectivity index (χ0) is 14.6. The molecule has 0 spiro atoms. The summed E-state index contributed by atoms with van der Waals surface area (Å²) in [5, 5.41) is 2.19. The number of rotatable bonds is 3. The normalized spacial score (nSPS) is 11.8.